The lowest BCUT2D eigenvalue weighted by Gasteiger charge is -2.14. The first-order valence-corrected chi connectivity index (χ1v) is 7.63. The van der Waals surface area contributed by atoms with Gasteiger partial charge in [0.25, 0.3) is 0 Å². The molecular formula is C15H17BrClN3. The molecule has 0 spiro atoms. The second kappa shape index (κ2) is 6.10. The van der Waals surface area contributed by atoms with E-state index in [2.05, 4.69) is 44.2 Å². The lowest BCUT2D eigenvalue weighted by molar-refractivity contribution is 0.773. The standard InChI is InChI=1S/C15H17BrClN3/c1-8(2)14-19-13(17)10(4)15(20-14)18-11-7-5-6-9(3)12(11)16/h5-8H,1-4H3,(H,18,19,20). The summed E-state index contributed by atoms with van der Waals surface area (Å²) in [6.07, 6.45) is 0. The SMILES string of the molecule is Cc1cccc(Nc2nc(C(C)C)nc(Cl)c2C)c1Br. The Kier molecular flexibility index (Phi) is 4.66. The van der Waals surface area contributed by atoms with Gasteiger partial charge < -0.3 is 5.32 Å². The van der Waals surface area contributed by atoms with E-state index in [9.17, 15) is 0 Å². The van der Waals surface area contributed by atoms with Crippen LogP contribution in [0.25, 0.3) is 0 Å². The molecule has 0 saturated carbocycles. The van der Waals surface area contributed by atoms with Crippen molar-refractivity contribution in [2.75, 3.05) is 5.32 Å². The number of hydrogen-bond acceptors (Lipinski definition) is 3. The first-order chi connectivity index (χ1) is 9.40. The third kappa shape index (κ3) is 3.13. The van der Waals surface area contributed by atoms with Gasteiger partial charge >= 0.3 is 0 Å². The Bertz CT molecular complexity index is 641. The summed E-state index contributed by atoms with van der Waals surface area (Å²) in [5.41, 5.74) is 2.99. The number of aryl methyl sites for hydroxylation is 1. The van der Waals surface area contributed by atoms with E-state index in [1.54, 1.807) is 0 Å². The van der Waals surface area contributed by atoms with Gasteiger partial charge in [-0.15, -0.1) is 0 Å². The predicted molar refractivity (Wildman–Crippen MR) is 88.0 cm³/mol. The molecule has 0 bridgehead atoms. The highest BCUT2D eigenvalue weighted by Crippen LogP contribution is 2.31. The largest absolute Gasteiger partial charge is 0.339 e. The fraction of sp³-hybridized carbons (Fsp3) is 0.333. The van der Waals surface area contributed by atoms with Crippen molar-refractivity contribution < 1.29 is 0 Å². The van der Waals surface area contributed by atoms with E-state index in [1.165, 1.54) is 0 Å². The van der Waals surface area contributed by atoms with Crippen LogP contribution in [0.3, 0.4) is 0 Å². The maximum atomic E-state index is 6.20. The maximum Gasteiger partial charge on any atom is 0.138 e. The van der Waals surface area contributed by atoms with E-state index in [1.807, 2.05) is 32.9 Å². The summed E-state index contributed by atoms with van der Waals surface area (Å²) in [6, 6.07) is 6.06. The normalized spacial score (nSPS) is 10.9. The van der Waals surface area contributed by atoms with E-state index in [-0.39, 0.29) is 5.92 Å². The van der Waals surface area contributed by atoms with Crippen LogP contribution in [-0.2, 0) is 0 Å². The van der Waals surface area contributed by atoms with Crippen molar-refractivity contribution in [3.05, 3.63) is 44.8 Å². The summed E-state index contributed by atoms with van der Waals surface area (Å²) in [5, 5.41) is 3.83. The summed E-state index contributed by atoms with van der Waals surface area (Å²) in [5.74, 6) is 1.72. The second-order valence-corrected chi connectivity index (χ2v) is 6.21. The quantitative estimate of drug-likeness (QED) is 0.752. The molecule has 2 rings (SSSR count). The molecule has 1 aromatic carbocycles. The molecule has 0 saturated heterocycles. The van der Waals surface area contributed by atoms with Gasteiger partial charge in [-0.05, 0) is 41.4 Å². The van der Waals surface area contributed by atoms with Crippen LogP contribution in [0, 0.1) is 13.8 Å². The third-order valence-corrected chi connectivity index (χ3v) is 4.49. The number of halogens is 2. The minimum atomic E-state index is 0.231. The van der Waals surface area contributed by atoms with E-state index in [0.717, 1.165) is 32.9 Å². The van der Waals surface area contributed by atoms with Crippen LogP contribution in [0.5, 0.6) is 0 Å². The molecule has 2 aromatic rings. The van der Waals surface area contributed by atoms with Gasteiger partial charge in [0.05, 0.1) is 5.69 Å². The van der Waals surface area contributed by atoms with Crippen LogP contribution >= 0.6 is 27.5 Å². The van der Waals surface area contributed by atoms with Gasteiger partial charge in [-0.25, -0.2) is 9.97 Å². The van der Waals surface area contributed by atoms with Crippen LogP contribution in [0.2, 0.25) is 5.15 Å². The lowest BCUT2D eigenvalue weighted by Crippen LogP contribution is -2.05. The Morgan fingerprint density at radius 2 is 1.90 bits per heavy atom. The van der Waals surface area contributed by atoms with Crippen molar-refractivity contribution >= 4 is 39.0 Å². The number of rotatable bonds is 3. The van der Waals surface area contributed by atoms with Gasteiger partial charge in [0.2, 0.25) is 0 Å². The van der Waals surface area contributed by atoms with Gasteiger partial charge in [0.15, 0.2) is 0 Å². The average molecular weight is 355 g/mol. The molecule has 0 aliphatic carbocycles. The molecule has 1 N–H and O–H groups in total. The van der Waals surface area contributed by atoms with Gasteiger partial charge in [0, 0.05) is 16.0 Å². The number of anilines is 2. The molecule has 0 unspecified atom stereocenters. The van der Waals surface area contributed by atoms with Gasteiger partial charge in [-0.3, -0.25) is 0 Å². The maximum absolute atomic E-state index is 6.20. The van der Waals surface area contributed by atoms with Gasteiger partial charge in [0.1, 0.15) is 16.8 Å². The number of hydrogen-bond donors (Lipinski definition) is 1. The molecule has 3 nitrogen and oxygen atoms in total. The lowest BCUT2D eigenvalue weighted by atomic mass is 10.2. The fourth-order valence-electron chi connectivity index (χ4n) is 1.76. The number of nitrogens with zero attached hydrogens (tertiary/aromatic N) is 2. The first kappa shape index (κ1) is 15.3. The molecule has 0 aliphatic heterocycles. The summed E-state index contributed by atoms with van der Waals surface area (Å²) in [4.78, 5) is 8.89. The van der Waals surface area contributed by atoms with Crippen molar-refractivity contribution in [2.45, 2.75) is 33.6 Å². The van der Waals surface area contributed by atoms with Crippen LogP contribution in [0.4, 0.5) is 11.5 Å². The molecule has 20 heavy (non-hydrogen) atoms. The summed E-state index contributed by atoms with van der Waals surface area (Å²) < 4.78 is 1.03. The first-order valence-electron chi connectivity index (χ1n) is 6.46. The molecule has 0 radical (unpaired) electrons. The number of nitrogens with one attached hydrogen (secondary N) is 1. The topological polar surface area (TPSA) is 37.8 Å². The fourth-order valence-corrected chi connectivity index (χ4v) is 2.30. The number of benzene rings is 1. The van der Waals surface area contributed by atoms with Crippen molar-refractivity contribution in [1.82, 2.24) is 9.97 Å². The highest BCUT2D eigenvalue weighted by molar-refractivity contribution is 9.10. The summed E-state index contributed by atoms with van der Waals surface area (Å²) in [6.45, 7) is 8.06. The monoisotopic (exact) mass is 353 g/mol. The molecule has 106 valence electrons. The smallest absolute Gasteiger partial charge is 0.138 e. The third-order valence-electron chi connectivity index (χ3n) is 3.06. The van der Waals surface area contributed by atoms with Crippen LogP contribution in [0.15, 0.2) is 22.7 Å². The van der Waals surface area contributed by atoms with Gasteiger partial charge in [-0.2, -0.15) is 0 Å². The van der Waals surface area contributed by atoms with Crippen molar-refractivity contribution in [3.63, 3.8) is 0 Å². The molecule has 5 heteroatoms. The highest BCUT2D eigenvalue weighted by Gasteiger charge is 2.13. The Labute approximate surface area is 132 Å². The Hall–Kier alpha value is -1.13. The minimum Gasteiger partial charge on any atom is -0.339 e. The zero-order valence-electron chi connectivity index (χ0n) is 12.0. The molecule has 0 fully saturated rings. The van der Waals surface area contributed by atoms with Crippen LogP contribution in [0.1, 0.15) is 36.7 Å². The highest BCUT2D eigenvalue weighted by atomic mass is 79.9. The van der Waals surface area contributed by atoms with E-state index in [0.29, 0.717) is 5.15 Å². The predicted octanol–water partition coefficient (Wildman–Crippen LogP) is 5.38. The Balaban J connectivity index is 2.45. The van der Waals surface area contributed by atoms with Crippen molar-refractivity contribution in [3.8, 4) is 0 Å². The molecule has 1 heterocycles. The number of aromatic nitrogens is 2. The van der Waals surface area contributed by atoms with Crippen molar-refractivity contribution in [2.24, 2.45) is 0 Å². The Morgan fingerprint density at radius 3 is 2.55 bits per heavy atom. The van der Waals surface area contributed by atoms with Crippen LogP contribution < -0.4 is 5.32 Å². The zero-order valence-corrected chi connectivity index (χ0v) is 14.3. The van der Waals surface area contributed by atoms with Crippen molar-refractivity contribution in [1.29, 1.82) is 0 Å². The van der Waals surface area contributed by atoms with Crippen LogP contribution in [-0.4, -0.2) is 9.97 Å². The van der Waals surface area contributed by atoms with E-state index >= 15 is 0 Å². The minimum absolute atomic E-state index is 0.231. The summed E-state index contributed by atoms with van der Waals surface area (Å²) in [7, 11) is 0. The zero-order chi connectivity index (χ0) is 14.9. The molecule has 0 aliphatic rings. The summed E-state index contributed by atoms with van der Waals surface area (Å²) >= 11 is 9.79. The molecular weight excluding hydrogens is 338 g/mol. The molecule has 1 aromatic heterocycles. The van der Waals surface area contributed by atoms with Gasteiger partial charge in [-0.1, -0.05) is 37.6 Å². The molecule has 0 amide bonds. The Morgan fingerprint density at radius 1 is 1.20 bits per heavy atom. The van der Waals surface area contributed by atoms with E-state index < -0.39 is 0 Å². The second-order valence-electron chi connectivity index (χ2n) is 5.06. The molecule has 0 atom stereocenters. The van der Waals surface area contributed by atoms with E-state index in [4.69, 9.17) is 11.6 Å². The average Bonchev–Trinajstić information content (AvgIpc) is 2.39.